The van der Waals surface area contributed by atoms with Crippen LogP contribution in [-0.4, -0.2) is 37.3 Å². The molecule has 1 unspecified atom stereocenters. The Morgan fingerprint density at radius 3 is 2.82 bits per heavy atom. The smallest absolute Gasteiger partial charge is 0.220 e. The van der Waals surface area contributed by atoms with E-state index in [1.807, 2.05) is 24.8 Å². The highest BCUT2D eigenvalue weighted by Crippen LogP contribution is 2.31. The van der Waals surface area contributed by atoms with Gasteiger partial charge in [-0.15, -0.1) is 0 Å². The van der Waals surface area contributed by atoms with E-state index in [2.05, 4.69) is 19.9 Å². The zero-order valence-corrected chi connectivity index (χ0v) is 13.3. The number of hydrogen-bond donors (Lipinski definition) is 1. The first-order valence-electron chi connectivity index (χ1n) is 7.69. The Bertz CT molecular complexity index is 694. The maximum atomic E-state index is 11.9. The van der Waals surface area contributed by atoms with Gasteiger partial charge in [-0.3, -0.25) is 4.79 Å². The molecule has 0 radical (unpaired) electrons. The Morgan fingerprint density at radius 1 is 1.32 bits per heavy atom. The molecule has 1 aliphatic rings. The largest absolute Gasteiger partial charge is 0.341 e. The van der Waals surface area contributed by atoms with Crippen molar-refractivity contribution in [2.45, 2.75) is 46.1 Å². The van der Waals surface area contributed by atoms with Gasteiger partial charge in [0.25, 0.3) is 0 Å². The van der Waals surface area contributed by atoms with E-state index < -0.39 is 0 Å². The predicted octanol–water partition coefficient (Wildman–Crippen LogP) is 2.56. The lowest BCUT2D eigenvalue weighted by molar-refractivity contribution is -0.132. The third-order valence-corrected chi connectivity index (χ3v) is 4.05. The molecule has 3 heterocycles. The fraction of sp³-hybridized carbons (Fsp3) is 0.500. The van der Waals surface area contributed by atoms with E-state index in [4.69, 9.17) is 0 Å². The SMILES string of the molecule is CC(=O)N1CCCCC1c1cc(-c2ncc(C)[nH]2)nc(C)n1. The Labute approximate surface area is 130 Å². The summed E-state index contributed by atoms with van der Waals surface area (Å²) in [6.07, 6.45) is 4.92. The van der Waals surface area contributed by atoms with Crippen LogP contribution in [0.25, 0.3) is 11.5 Å². The summed E-state index contributed by atoms with van der Waals surface area (Å²) in [5, 5.41) is 0. The van der Waals surface area contributed by atoms with Crippen LogP contribution in [0.5, 0.6) is 0 Å². The molecule has 1 saturated heterocycles. The van der Waals surface area contributed by atoms with Crippen molar-refractivity contribution in [2.75, 3.05) is 6.54 Å². The molecule has 1 N–H and O–H groups in total. The lowest BCUT2D eigenvalue weighted by atomic mass is 9.98. The average molecular weight is 299 g/mol. The second-order valence-electron chi connectivity index (χ2n) is 5.86. The summed E-state index contributed by atoms with van der Waals surface area (Å²) in [4.78, 5) is 30.4. The molecule has 0 bridgehead atoms. The number of nitrogens with one attached hydrogen (secondary N) is 1. The van der Waals surface area contributed by atoms with Gasteiger partial charge in [0, 0.05) is 25.4 Å². The fourth-order valence-corrected chi connectivity index (χ4v) is 3.04. The number of likely N-dealkylation sites (tertiary alicyclic amines) is 1. The number of nitrogens with zero attached hydrogens (tertiary/aromatic N) is 4. The summed E-state index contributed by atoms with van der Waals surface area (Å²) in [5.74, 6) is 1.56. The summed E-state index contributed by atoms with van der Waals surface area (Å²) in [5.41, 5.74) is 2.69. The van der Waals surface area contributed by atoms with Crippen molar-refractivity contribution < 1.29 is 4.79 Å². The highest BCUT2D eigenvalue weighted by atomic mass is 16.2. The summed E-state index contributed by atoms with van der Waals surface area (Å²) >= 11 is 0. The number of piperidine rings is 1. The summed E-state index contributed by atoms with van der Waals surface area (Å²) in [6.45, 7) is 6.27. The van der Waals surface area contributed by atoms with E-state index >= 15 is 0 Å². The molecule has 2 aromatic heterocycles. The Kier molecular flexibility index (Phi) is 3.92. The molecule has 6 nitrogen and oxygen atoms in total. The van der Waals surface area contributed by atoms with Gasteiger partial charge in [0.05, 0.1) is 11.7 Å². The molecule has 2 aromatic rings. The molecule has 3 rings (SSSR count). The first-order valence-corrected chi connectivity index (χ1v) is 7.69. The van der Waals surface area contributed by atoms with Gasteiger partial charge in [-0.25, -0.2) is 15.0 Å². The van der Waals surface area contributed by atoms with E-state index in [0.29, 0.717) is 5.82 Å². The third kappa shape index (κ3) is 2.86. The van der Waals surface area contributed by atoms with Gasteiger partial charge in [-0.1, -0.05) is 0 Å². The van der Waals surface area contributed by atoms with Crippen LogP contribution in [0.4, 0.5) is 0 Å². The number of amides is 1. The van der Waals surface area contributed by atoms with E-state index in [1.165, 1.54) is 0 Å². The van der Waals surface area contributed by atoms with Crippen LogP contribution in [0.3, 0.4) is 0 Å². The topological polar surface area (TPSA) is 74.8 Å². The van der Waals surface area contributed by atoms with Crippen molar-refractivity contribution in [2.24, 2.45) is 0 Å². The number of hydrogen-bond acceptors (Lipinski definition) is 4. The number of aromatic amines is 1. The number of carbonyl (C=O) groups is 1. The molecule has 6 heteroatoms. The quantitative estimate of drug-likeness (QED) is 0.924. The first kappa shape index (κ1) is 14.7. The van der Waals surface area contributed by atoms with Crippen LogP contribution in [0.1, 0.15) is 49.4 Å². The second-order valence-corrected chi connectivity index (χ2v) is 5.86. The zero-order valence-electron chi connectivity index (χ0n) is 13.3. The van der Waals surface area contributed by atoms with Gasteiger partial charge < -0.3 is 9.88 Å². The zero-order chi connectivity index (χ0) is 15.7. The van der Waals surface area contributed by atoms with Crippen LogP contribution in [0, 0.1) is 13.8 Å². The van der Waals surface area contributed by atoms with Crippen molar-refractivity contribution in [1.82, 2.24) is 24.8 Å². The van der Waals surface area contributed by atoms with Gasteiger partial charge in [0.2, 0.25) is 5.91 Å². The number of carbonyl (C=O) groups excluding carboxylic acids is 1. The monoisotopic (exact) mass is 299 g/mol. The molecule has 22 heavy (non-hydrogen) atoms. The van der Waals surface area contributed by atoms with Crippen LogP contribution in [0.15, 0.2) is 12.3 Å². The van der Waals surface area contributed by atoms with Gasteiger partial charge in [0.1, 0.15) is 11.5 Å². The van der Waals surface area contributed by atoms with Crippen molar-refractivity contribution in [3.63, 3.8) is 0 Å². The van der Waals surface area contributed by atoms with Crippen LogP contribution < -0.4 is 0 Å². The van der Waals surface area contributed by atoms with Gasteiger partial charge >= 0.3 is 0 Å². The number of rotatable bonds is 2. The molecule has 1 amide bonds. The summed E-state index contributed by atoms with van der Waals surface area (Å²) in [6, 6.07) is 2.00. The third-order valence-electron chi connectivity index (χ3n) is 4.05. The molecule has 116 valence electrons. The Balaban J connectivity index is 1.99. The maximum Gasteiger partial charge on any atom is 0.220 e. The van der Waals surface area contributed by atoms with Crippen molar-refractivity contribution in [1.29, 1.82) is 0 Å². The molecular formula is C16H21N5O. The summed E-state index contributed by atoms with van der Waals surface area (Å²) in [7, 11) is 0. The van der Waals surface area contributed by atoms with Crippen LogP contribution in [0.2, 0.25) is 0 Å². The van der Waals surface area contributed by atoms with Gasteiger partial charge in [-0.05, 0) is 39.2 Å². The summed E-state index contributed by atoms with van der Waals surface area (Å²) < 4.78 is 0. The van der Waals surface area contributed by atoms with Crippen LogP contribution >= 0.6 is 0 Å². The molecule has 1 atom stereocenters. The second kappa shape index (κ2) is 5.87. The van der Waals surface area contributed by atoms with Crippen molar-refractivity contribution in [3.8, 4) is 11.5 Å². The fourth-order valence-electron chi connectivity index (χ4n) is 3.04. The number of aryl methyl sites for hydroxylation is 2. The normalized spacial score (nSPS) is 18.5. The van der Waals surface area contributed by atoms with Crippen LogP contribution in [-0.2, 0) is 4.79 Å². The molecule has 1 aliphatic heterocycles. The molecule has 0 spiro atoms. The van der Waals surface area contributed by atoms with E-state index in [1.54, 1.807) is 13.1 Å². The number of aromatic nitrogens is 4. The molecular weight excluding hydrogens is 278 g/mol. The standard InChI is InChI=1S/C16H21N5O/c1-10-9-17-16(18-10)14-8-13(19-11(2)20-14)15-6-4-5-7-21(15)12(3)22/h8-9,15H,4-7H2,1-3H3,(H,17,18). The van der Waals surface area contributed by atoms with Gasteiger partial charge in [-0.2, -0.15) is 0 Å². The maximum absolute atomic E-state index is 11.9. The van der Waals surface area contributed by atoms with Crippen molar-refractivity contribution in [3.05, 3.63) is 29.5 Å². The minimum atomic E-state index is 0.0442. The molecule has 0 saturated carbocycles. The minimum absolute atomic E-state index is 0.0442. The predicted molar refractivity (Wildman–Crippen MR) is 83.1 cm³/mol. The first-order chi connectivity index (χ1) is 10.5. The van der Waals surface area contributed by atoms with Crippen molar-refractivity contribution >= 4 is 5.91 Å². The highest BCUT2D eigenvalue weighted by molar-refractivity contribution is 5.74. The Hall–Kier alpha value is -2.24. The van der Waals surface area contributed by atoms with E-state index in [0.717, 1.165) is 48.7 Å². The highest BCUT2D eigenvalue weighted by Gasteiger charge is 2.27. The number of H-pyrrole nitrogens is 1. The Morgan fingerprint density at radius 2 is 2.14 bits per heavy atom. The lowest BCUT2D eigenvalue weighted by Crippen LogP contribution is -2.37. The van der Waals surface area contributed by atoms with E-state index in [-0.39, 0.29) is 11.9 Å². The average Bonchev–Trinajstić information content (AvgIpc) is 2.93. The minimum Gasteiger partial charge on any atom is -0.341 e. The number of imidazole rings is 1. The molecule has 0 aliphatic carbocycles. The lowest BCUT2D eigenvalue weighted by Gasteiger charge is -2.34. The van der Waals surface area contributed by atoms with E-state index in [9.17, 15) is 4.79 Å². The molecule has 0 aromatic carbocycles. The molecule has 1 fully saturated rings. The van der Waals surface area contributed by atoms with Gasteiger partial charge in [0.15, 0.2) is 5.82 Å².